The number of hydrogen-bond acceptors (Lipinski definition) is 7. The third kappa shape index (κ3) is 3.59. The van der Waals surface area contributed by atoms with E-state index in [9.17, 15) is 5.11 Å². The first-order chi connectivity index (χ1) is 13.7. The Kier molecular flexibility index (Phi) is 4.70. The molecule has 0 amide bonds. The number of furan rings is 1. The minimum Gasteiger partial charge on any atom is -0.458 e. The van der Waals surface area contributed by atoms with Gasteiger partial charge in [0.2, 0.25) is 0 Å². The van der Waals surface area contributed by atoms with Crippen LogP contribution in [0.25, 0.3) is 11.5 Å². The first-order valence-electron chi connectivity index (χ1n) is 9.82. The lowest BCUT2D eigenvalue weighted by atomic mass is 9.71. The summed E-state index contributed by atoms with van der Waals surface area (Å²) in [5.74, 6) is 1.73. The summed E-state index contributed by atoms with van der Waals surface area (Å²) in [5, 5.41) is 20.6. The number of aliphatic hydroxyl groups is 1. The number of likely N-dealkylation sites (tertiary alicyclic amines) is 1. The van der Waals surface area contributed by atoms with Crippen LogP contribution in [-0.4, -0.2) is 57.5 Å². The quantitative estimate of drug-likeness (QED) is 0.702. The lowest BCUT2D eigenvalue weighted by molar-refractivity contribution is -0.0271. The molecule has 2 aliphatic rings. The summed E-state index contributed by atoms with van der Waals surface area (Å²) in [6.45, 7) is 4.47. The van der Waals surface area contributed by atoms with E-state index in [1.165, 1.54) is 0 Å². The Morgan fingerprint density at radius 2 is 2.14 bits per heavy atom. The van der Waals surface area contributed by atoms with E-state index >= 15 is 0 Å². The Labute approximate surface area is 168 Å². The van der Waals surface area contributed by atoms with E-state index in [1.807, 2.05) is 29.8 Å². The lowest BCUT2D eigenvalue weighted by Crippen LogP contribution is -2.53. The topological polar surface area (TPSA) is 81.4 Å². The molecule has 0 aromatic carbocycles. The van der Waals surface area contributed by atoms with Gasteiger partial charge in [0.1, 0.15) is 11.5 Å². The highest BCUT2D eigenvalue weighted by molar-refractivity contribution is 7.13. The monoisotopic (exact) mass is 399 g/mol. The molecule has 2 aliphatic heterocycles. The van der Waals surface area contributed by atoms with Gasteiger partial charge in [-0.2, -0.15) is 5.10 Å². The minimum atomic E-state index is -0.276. The molecule has 148 valence electrons. The predicted octanol–water partition coefficient (Wildman–Crippen LogP) is 2.98. The third-order valence-corrected chi connectivity index (χ3v) is 6.85. The van der Waals surface area contributed by atoms with Crippen LogP contribution in [0.3, 0.4) is 0 Å². The van der Waals surface area contributed by atoms with Crippen molar-refractivity contribution in [1.29, 1.82) is 0 Å². The van der Waals surface area contributed by atoms with Crippen molar-refractivity contribution in [2.24, 2.45) is 5.41 Å². The van der Waals surface area contributed by atoms with Crippen molar-refractivity contribution in [3.63, 3.8) is 0 Å². The van der Waals surface area contributed by atoms with E-state index in [1.54, 1.807) is 17.5 Å². The number of aromatic amines is 1. The molecular weight excluding hydrogens is 374 g/mol. The zero-order chi connectivity index (χ0) is 19.0. The second kappa shape index (κ2) is 7.35. The maximum Gasteiger partial charge on any atom is 0.185 e. The number of rotatable bonds is 4. The number of aliphatic hydroxyl groups excluding tert-OH is 1. The Hall–Kier alpha value is -2.16. The maximum atomic E-state index is 10.6. The van der Waals surface area contributed by atoms with E-state index < -0.39 is 0 Å². The van der Waals surface area contributed by atoms with Crippen molar-refractivity contribution in [1.82, 2.24) is 20.1 Å². The van der Waals surface area contributed by atoms with Crippen LogP contribution < -0.4 is 4.90 Å². The lowest BCUT2D eigenvalue weighted by Gasteiger charge is -2.49. The number of nitrogens with one attached hydrogen (secondary N) is 1. The SMILES string of the molecule is OC1CN(Cc2ccc(-c3ccn[nH]3)o2)CC2(CCN(c3nccs3)CC2)C1. The van der Waals surface area contributed by atoms with Gasteiger partial charge >= 0.3 is 0 Å². The molecule has 3 aromatic rings. The van der Waals surface area contributed by atoms with Crippen molar-refractivity contribution in [3.05, 3.63) is 41.7 Å². The van der Waals surface area contributed by atoms with Gasteiger partial charge in [0.05, 0.1) is 12.6 Å². The number of hydrogen-bond donors (Lipinski definition) is 2. The van der Waals surface area contributed by atoms with E-state index in [2.05, 4.69) is 25.0 Å². The van der Waals surface area contributed by atoms with Gasteiger partial charge in [-0.25, -0.2) is 4.98 Å². The summed E-state index contributed by atoms with van der Waals surface area (Å²) < 4.78 is 6.00. The molecule has 8 heteroatoms. The first-order valence-corrected chi connectivity index (χ1v) is 10.7. The van der Waals surface area contributed by atoms with Gasteiger partial charge in [-0.1, -0.05) is 0 Å². The molecule has 1 atom stereocenters. The van der Waals surface area contributed by atoms with Crippen molar-refractivity contribution < 1.29 is 9.52 Å². The zero-order valence-electron chi connectivity index (χ0n) is 15.8. The fraction of sp³-hybridized carbons (Fsp3) is 0.500. The standard InChI is InChI=1S/C20H25N5O2S/c26-15-11-20(4-8-25(9-5-20)19-21-7-10-28-19)14-24(12-15)13-16-1-2-18(27-16)17-3-6-22-23-17/h1-3,6-7,10,15,26H,4-5,8-9,11-14H2,(H,22,23). The van der Waals surface area contributed by atoms with Crippen LogP contribution in [0.4, 0.5) is 5.13 Å². The highest BCUT2D eigenvalue weighted by atomic mass is 32.1. The van der Waals surface area contributed by atoms with Gasteiger partial charge < -0.3 is 14.4 Å². The molecule has 5 heterocycles. The molecular formula is C20H25N5O2S. The molecule has 2 saturated heterocycles. The van der Waals surface area contributed by atoms with E-state index in [-0.39, 0.29) is 11.5 Å². The number of piperidine rings is 2. The summed E-state index contributed by atoms with van der Waals surface area (Å²) in [6, 6.07) is 5.90. The second-order valence-electron chi connectivity index (χ2n) is 8.07. The number of β-amino-alcohol motifs (C(OH)–C–C–N with tert-alkyl or cyclic N) is 1. The normalized spacial score (nSPS) is 22.8. The number of thiazole rings is 1. The van der Waals surface area contributed by atoms with Crippen molar-refractivity contribution >= 4 is 16.5 Å². The molecule has 0 bridgehead atoms. The first kappa shape index (κ1) is 17.9. The van der Waals surface area contributed by atoms with Gasteiger partial charge in [0.15, 0.2) is 10.9 Å². The second-order valence-corrected chi connectivity index (χ2v) is 8.94. The molecule has 0 saturated carbocycles. The molecule has 28 heavy (non-hydrogen) atoms. The Bertz CT molecular complexity index is 884. The van der Waals surface area contributed by atoms with Gasteiger partial charge in [0.25, 0.3) is 0 Å². The molecule has 1 spiro atoms. The largest absolute Gasteiger partial charge is 0.458 e. The van der Waals surface area contributed by atoms with Crippen molar-refractivity contribution in [3.8, 4) is 11.5 Å². The van der Waals surface area contributed by atoms with Gasteiger partial charge in [-0.05, 0) is 42.9 Å². The van der Waals surface area contributed by atoms with Crippen LogP contribution in [-0.2, 0) is 6.54 Å². The van der Waals surface area contributed by atoms with Gasteiger partial charge in [0, 0.05) is 44.0 Å². The van der Waals surface area contributed by atoms with E-state index in [0.717, 1.165) is 67.8 Å². The number of H-pyrrole nitrogens is 1. The maximum absolute atomic E-state index is 10.6. The smallest absolute Gasteiger partial charge is 0.185 e. The molecule has 0 aliphatic carbocycles. The fourth-order valence-electron chi connectivity index (χ4n) is 4.71. The third-order valence-electron chi connectivity index (χ3n) is 6.02. The number of aromatic nitrogens is 3. The average molecular weight is 400 g/mol. The fourth-order valence-corrected chi connectivity index (χ4v) is 5.41. The number of nitrogens with zero attached hydrogens (tertiary/aromatic N) is 4. The molecule has 0 radical (unpaired) electrons. The minimum absolute atomic E-state index is 0.185. The van der Waals surface area contributed by atoms with Crippen LogP contribution in [0.5, 0.6) is 0 Å². The number of anilines is 1. The Balaban J connectivity index is 1.24. The molecule has 1 unspecified atom stereocenters. The Morgan fingerprint density at radius 1 is 1.25 bits per heavy atom. The van der Waals surface area contributed by atoms with Crippen LogP contribution in [0, 0.1) is 5.41 Å². The van der Waals surface area contributed by atoms with Gasteiger partial charge in [-0.3, -0.25) is 10.00 Å². The Morgan fingerprint density at radius 3 is 2.89 bits per heavy atom. The predicted molar refractivity (Wildman–Crippen MR) is 108 cm³/mol. The van der Waals surface area contributed by atoms with E-state index in [0.29, 0.717) is 6.54 Å². The highest BCUT2D eigenvalue weighted by Crippen LogP contribution is 2.41. The van der Waals surface area contributed by atoms with Gasteiger partial charge in [-0.15, -0.1) is 11.3 Å². The molecule has 5 rings (SSSR count). The summed E-state index contributed by atoms with van der Waals surface area (Å²) >= 11 is 1.70. The molecule has 2 N–H and O–H groups in total. The molecule has 2 fully saturated rings. The van der Waals surface area contributed by atoms with Crippen LogP contribution in [0.1, 0.15) is 25.0 Å². The van der Waals surface area contributed by atoms with Crippen molar-refractivity contribution in [2.75, 3.05) is 31.1 Å². The summed E-state index contributed by atoms with van der Waals surface area (Å²) in [5.41, 5.74) is 1.07. The summed E-state index contributed by atoms with van der Waals surface area (Å²) in [7, 11) is 0. The zero-order valence-corrected chi connectivity index (χ0v) is 16.6. The van der Waals surface area contributed by atoms with E-state index in [4.69, 9.17) is 4.42 Å². The molecule has 7 nitrogen and oxygen atoms in total. The van der Waals surface area contributed by atoms with Crippen LogP contribution in [0.2, 0.25) is 0 Å². The van der Waals surface area contributed by atoms with Crippen LogP contribution in [0.15, 0.2) is 40.4 Å². The van der Waals surface area contributed by atoms with Crippen molar-refractivity contribution in [2.45, 2.75) is 31.9 Å². The van der Waals surface area contributed by atoms with Crippen LogP contribution >= 0.6 is 11.3 Å². The highest BCUT2D eigenvalue weighted by Gasteiger charge is 2.42. The molecule has 3 aromatic heterocycles. The summed E-state index contributed by atoms with van der Waals surface area (Å²) in [4.78, 5) is 9.18. The average Bonchev–Trinajstić information content (AvgIpc) is 3.44. The summed E-state index contributed by atoms with van der Waals surface area (Å²) in [6.07, 6.45) is 6.40.